The summed E-state index contributed by atoms with van der Waals surface area (Å²) in [6.07, 6.45) is -4.38. The van der Waals surface area contributed by atoms with Crippen LogP contribution in [0.1, 0.15) is 16.7 Å². The summed E-state index contributed by atoms with van der Waals surface area (Å²) in [5.74, 6) is 0.638. The van der Waals surface area contributed by atoms with Crippen molar-refractivity contribution in [2.75, 3.05) is 0 Å². The van der Waals surface area contributed by atoms with Crippen LogP contribution in [0.4, 0.5) is 13.2 Å². The molecule has 0 aliphatic rings. The summed E-state index contributed by atoms with van der Waals surface area (Å²) in [4.78, 5) is 0. The summed E-state index contributed by atoms with van der Waals surface area (Å²) in [5, 5.41) is 0. The van der Waals surface area contributed by atoms with Gasteiger partial charge < -0.3 is 10.5 Å². The maximum absolute atomic E-state index is 12.6. The number of alkyl halides is 3. The fraction of sp³-hybridized carbons (Fsp3) is 0.200. The summed E-state index contributed by atoms with van der Waals surface area (Å²) < 4.78 is 43.3. The maximum atomic E-state index is 12.6. The smallest absolute Gasteiger partial charge is 0.416 e. The molecule has 0 atom stereocenters. The van der Waals surface area contributed by atoms with Gasteiger partial charge in [0.25, 0.3) is 0 Å². The van der Waals surface area contributed by atoms with Gasteiger partial charge in [-0.05, 0) is 48.4 Å². The van der Waals surface area contributed by atoms with Crippen LogP contribution in [0, 0.1) is 6.92 Å². The molecule has 2 aromatic rings. The molecule has 0 amide bonds. The molecule has 0 saturated carbocycles. The predicted molar refractivity (Wildman–Crippen MR) is 70.6 cm³/mol. The van der Waals surface area contributed by atoms with Gasteiger partial charge in [-0.1, -0.05) is 12.1 Å². The Bertz CT molecular complexity index is 608. The number of benzene rings is 2. The van der Waals surface area contributed by atoms with Crippen LogP contribution in [0.15, 0.2) is 42.5 Å². The average molecular weight is 281 g/mol. The van der Waals surface area contributed by atoms with Crippen LogP contribution in [0.2, 0.25) is 0 Å². The maximum Gasteiger partial charge on any atom is 0.416 e. The molecule has 2 aromatic carbocycles. The molecule has 0 bridgehead atoms. The van der Waals surface area contributed by atoms with Crippen molar-refractivity contribution < 1.29 is 17.9 Å². The molecule has 0 unspecified atom stereocenters. The van der Waals surface area contributed by atoms with E-state index in [0.717, 1.165) is 23.3 Å². The van der Waals surface area contributed by atoms with Crippen molar-refractivity contribution in [3.63, 3.8) is 0 Å². The molecule has 2 nitrogen and oxygen atoms in total. The first-order valence-corrected chi connectivity index (χ1v) is 6.05. The van der Waals surface area contributed by atoms with Gasteiger partial charge >= 0.3 is 6.18 Å². The molecular weight excluding hydrogens is 267 g/mol. The zero-order valence-electron chi connectivity index (χ0n) is 10.9. The SMILES string of the molecule is Cc1cc(Oc2cccc(C(F)(F)F)c2)ccc1CN. The Morgan fingerprint density at radius 1 is 1.05 bits per heavy atom. The first-order chi connectivity index (χ1) is 9.40. The van der Waals surface area contributed by atoms with Gasteiger partial charge in [-0.3, -0.25) is 0 Å². The van der Waals surface area contributed by atoms with E-state index in [1.807, 2.05) is 6.92 Å². The first-order valence-electron chi connectivity index (χ1n) is 6.05. The van der Waals surface area contributed by atoms with Crippen molar-refractivity contribution in [1.29, 1.82) is 0 Å². The number of nitrogens with two attached hydrogens (primary N) is 1. The molecule has 0 aromatic heterocycles. The van der Waals surface area contributed by atoms with E-state index in [2.05, 4.69) is 0 Å². The van der Waals surface area contributed by atoms with Crippen molar-refractivity contribution >= 4 is 0 Å². The predicted octanol–water partition coefficient (Wildman–Crippen LogP) is 4.26. The highest BCUT2D eigenvalue weighted by molar-refractivity contribution is 5.39. The fourth-order valence-electron chi connectivity index (χ4n) is 1.83. The highest BCUT2D eigenvalue weighted by atomic mass is 19.4. The summed E-state index contributed by atoms with van der Waals surface area (Å²) in [5.41, 5.74) is 6.74. The van der Waals surface area contributed by atoms with Crippen molar-refractivity contribution in [1.82, 2.24) is 0 Å². The van der Waals surface area contributed by atoms with Gasteiger partial charge in [-0.2, -0.15) is 13.2 Å². The van der Waals surface area contributed by atoms with Gasteiger partial charge in [-0.15, -0.1) is 0 Å². The number of hydrogen-bond donors (Lipinski definition) is 1. The Labute approximate surface area is 115 Å². The number of aryl methyl sites for hydroxylation is 1. The summed E-state index contributed by atoms with van der Waals surface area (Å²) in [6.45, 7) is 2.29. The van der Waals surface area contributed by atoms with Crippen molar-refractivity contribution in [2.45, 2.75) is 19.6 Å². The zero-order valence-corrected chi connectivity index (χ0v) is 10.9. The van der Waals surface area contributed by atoms with Gasteiger partial charge in [0.2, 0.25) is 0 Å². The molecule has 0 aliphatic carbocycles. The Balaban J connectivity index is 2.24. The molecule has 20 heavy (non-hydrogen) atoms. The lowest BCUT2D eigenvalue weighted by molar-refractivity contribution is -0.137. The van der Waals surface area contributed by atoms with E-state index < -0.39 is 11.7 Å². The van der Waals surface area contributed by atoms with E-state index in [0.29, 0.717) is 12.3 Å². The zero-order chi connectivity index (χ0) is 14.8. The van der Waals surface area contributed by atoms with E-state index >= 15 is 0 Å². The number of hydrogen-bond acceptors (Lipinski definition) is 2. The third-order valence-corrected chi connectivity index (χ3v) is 2.93. The molecule has 0 aliphatic heterocycles. The molecule has 106 valence electrons. The summed E-state index contributed by atoms with van der Waals surface area (Å²) >= 11 is 0. The van der Waals surface area contributed by atoms with Gasteiger partial charge in [0.15, 0.2) is 0 Å². The minimum absolute atomic E-state index is 0.153. The third-order valence-electron chi connectivity index (χ3n) is 2.93. The van der Waals surface area contributed by atoms with Crippen LogP contribution in [-0.2, 0) is 12.7 Å². The molecule has 2 rings (SSSR count). The van der Waals surface area contributed by atoms with E-state index in [4.69, 9.17) is 10.5 Å². The quantitative estimate of drug-likeness (QED) is 0.912. The van der Waals surface area contributed by atoms with Crippen molar-refractivity contribution in [2.24, 2.45) is 5.73 Å². The lowest BCUT2D eigenvalue weighted by atomic mass is 10.1. The number of rotatable bonds is 3. The molecule has 0 saturated heterocycles. The van der Waals surface area contributed by atoms with Crippen LogP contribution in [0.25, 0.3) is 0 Å². The van der Waals surface area contributed by atoms with Crippen LogP contribution in [0.5, 0.6) is 11.5 Å². The highest BCUT2D eigenvalue weighted by Gasteiger charge is 2.30. The van der Waals surface area contributed by atoms with Gasteiger partial charge in [0.05, 0.1) is 5.56 Å². The van der Waals surface area contributed by atoms with E-state index in [9.17, 15) is 13.2 Å². The van der Waals surface area contributed by atoms with Crippen LogP contribution < -0.4 is 10.5 Å². The molecule has 0 fully saturated rings. The number of ether oxygens (including phenoxy) is 1. The fourth-order valence-corrected chi connectivity index (χ4v) is 1.83. The van der Waals surface area contributed by atoms with E-state index in [-0.39, 0.29) is 5.75 Å². The minimum Gasteiger partial charge on any atom is -0.457 e. The third kappa shape index (κ3) is 3.30. The number of halogens is 3. The average Bonchev–Trinajstić information content (AvgIpc) is 2.38. The Morgan fingerprint density at radius 3 is 2.35 bits per heavy atom. The Hall–Kier alpha value is -2.01. The van der Waals surface area contributed by atoms with E-state index in [1.165, 1.54) is 12.1 Å². The Morgan fingerprint density at radius 2 is 1.75 bits per heavy atom. The van der Waals surface area contributed by atoms with Gasteiger partial charge in [0, 0.05) is 6.54 Å². The molecular formula is C15H14F3NO. The van der Waals surface area contributed by atoms with Crippen molar-refractivity contribution in [3.8, 4) is 11.5 Å². The van der Waals surface area contributed by atoms with E-state index in [1.54, 1.807) is 18.2 Å². The summed E-state index contributed by atoms with van der Waals surface area (Å²) in [6, 6.07) is 10.0. The lowest BCUT2D eigenvalue weighted by Gasteiger charge is -2.11. The molecule has 2 N–H and O–H groups in total. The monoisotopic (exact) mass is 281 g/mol. The largest absolute Gasteiger partial charge is 0.457 e. The lowest BCUT2D eigenvalue weighted by Crippen LogP contribution is -2.04. The highest BCUT2D eigenvalue weighted by Crippen LogP contribution is 2.32. The summed E-state index contributed by atoms with van der Waals surface area (Å²) in [7, 11) is 0. The normalized spacial score (nSPS) is 11.4. The first kappa shape index (κ1) is 14.4. The molecule has 0 radical (unpaired) electrons. The minimum atomic E-state index is -4.38. The second-order valence-electron chi connectivity index (χ2n) is 4.42. The topological polar surface area (TPSA) is 35.2 Å². The second-order valence-corrected chi connectivity index (χ2v) is 4.42. The standard InChI is InChI=1S/C15H14F3NO/c1-10-7-14(6-5-11(10)9-19)20-13-4-2-3-12(8-13)15(16,17)18/h2-8H,9,19H2,1H3. The van der Waals surface area contributed by atoms with Crippen LogP contribution >= 0.6 is 0 Å². The van der Waals surface area contributed by atoms with Crippen LogP contribution in [-0.4, -0.2) is 0 Å². The van der Waals surface area contributed by atoms with Crippen molar-refractivity contribution in [3.05, 3.63) is 59.2 Å². The molecule has 0 spiro atoms. The molecule has 5 heteroatoms. The van der Waals surface area contributed by atoms with Gasteiger partial charge in [-0.25, -0.2) is 0 Å². The molecule has 0 heterocycles. The van der Waals surface area contributed by atoms with Gasteiger partial charge in [0.1, 0.15) is 11.5 Å². The second kappa shape index (κ2) is 5.54. The Kier molecular flexibility index (Phi) is 3.99. The van der Waals surface area contributed by atoms with Crippen LogP contribution in [0.3, 0.4) is 0 Å².